The van der Waals surface area contributed by atoms with Gasteiger partial charge >= 0.3 is 0 Å². The highest BCUT2D eigenvalue weighted by Gasteiger charge is 2.54. The van der Waals surface area contributed by atoms with Gasteiger partial charge in [-0.15, -0.1) is 0 Å². The number of hydrogen-bond acceptors (Lipinski definition) is 3. The van der Waals surface area contributed by atoms with E-state index in [0.29, 0.717) is 36.0 Å². The van der Waals surface area contributed by atoms with Crippen LogP contribution in [0.2, 0.25) is 5.02 Å². The Labute approximate surface area is 149 Å². The molecule has 1 unspecified atom stereocenters. The lowest BCUT2D eigenvalue weighted by Gasteiger charge is -2.35. The number of carbonyl (C=O) groups is 2. The Morgan fingerprint density at radius 2 is 2.04 bits per heavy atom. The Morgan fingerprint density at radius 3 is 2.70 bits per heavy atom. The summed E-state index contributed by atoms with van der Waals surface area (Å²) in [5.74, 6) is -0.624. The second-order valence-corrected chi connectivity index (χ2v) is 7.76. The van der Waals surface area contributed by atoms with Crippen molar-refractivity contribution in [3.8, 4) is 0 Å². The summed E-state index contributed by atoms with van der Waals surface area (Å²) in [4.78, 5) is 25.5. The van der Waals surface area contributed by atoms with Crippen LogP contribution in [0.25, 0.3) is 0 Å². The van der Waals surface area contributed by atoms with E-state index >= 15 is 0 Å². The molecule has 1 amide bonds. The summed E-state index contributed by atoms with van der Waals surface area (Å²) in [6, 6.07) is 5.27. The highest BCUT2D eigenvalue weighted by Crippen LogP contribution is 2.42. The molecule has 1 aromatic rings. The Balaban J connectivity index is 1.85. The summed E-state index contributed by atoms with van der Waals surface area (Å²) >= 11 is 9.61. The molecule has 1 saturated heterocycles. The monoisotopic (exact) mass is 399 g/mol. The second-order valence-electron chi connectivity index (χ2n) is 6.43. The van der Waals surface area contributed by atoms with Gasteiger partial charge in [0.1, 0.15) is 5.92 Å². The fraction of sp³-hybridized carbons (Fsp3) is 0.529. The molecule has 6 heteroatoms. The maximum absolute atomic E-state index is 13.0. The van der Waals surface area contributed by atoms with Gasteiger partial charge in [0.25, 0.3) is 0 Å². The van der Waals surface area contributed by atoms with E-state index < -0.39 is 11.5 Å². The molecule has 23 heavy (non-hydrogen) atoms. The largest absolute Gasteiger partial charge is 0.384 e. The molecule has 1 saturated carbocycles. The topological polar surface area (TPSA) is 55.4 Å². The molecular formula is C17H19BrClNO3. The predicted octanol–water partition coefficient (Wildman–Crippen LogP) is 3.46. The summed E-state index contributed by atoms with van der Waals surface area (Å²) in [7, 11) is 1.69. The van der Waals surface area contributed by atoms with Crippen molar-refractivity contribution in [3.63, 3.8) is 0 Å². The molecule has 3 rings (SSSR count). The van der Waals surface area contributed by atoms with E-state index in [0.717, 1.165) is 17.3 Å². The zero-order valence-corrected chi connectivity index (χ0v) is 15.2. The molecule has 1 aliphatic heterocycles. The van der Waals surface area contributed by atoms with Gasteiger partial charge in [0.05, 0.1) is 5.54 Å². The number of rotatable bonds is 3. The van der Waals surface area contributed by atoms with Gasteiger partial charge in [0.15, 0.2) is 5.78 Å². The minimum Gasteiger partial charge on any atom is -0.384 e. The molecular weight excluding hydrogens is 382 g/mol. The first-order chi connectivity index (χ1) is 11.0. The number of benzene rings is 1. The molecule has 2 fully saturated rings. The Morgan fingerprint density at radius 1 is 1.35 bits per heavy atom. The average Bonchev–Trinajstić information content (AvgIpc) is 2.76. The van der Waals surface area contributed by atoms with E-state index in [1.807, 2.05) is 0 Å². The van der Waals surface area contributed by atoms with Crippen molar-refractivity contribution in [2.24, 2.45) is 5.92 Å². The second kappa shape index (κ2) is 6.54. The number of ketones is 1. The van der Waals surface area contributed by atoms with Crippen LogP contribution in [0.4, 0.5) is 0 Å². The quantitative estimate of drug-likeness (QED) is 0.791. The highest BCUT2D eigenvalue weighted by molar-refractivity contribution is 9.10. The first-order valence-electron chi connectivity index (χ1n) is 7.77. The van der Waals surface area contributed by atoms with Gasteiger partial charge in [0, 0.05) is 23.2 Å². The zero-order chi connectivity index (χ0) is 16.6. The van der Waals surface area contributed by atoms with Gasteiger partial charge in [0.2, 0.25) is 5.91 Å². The molecule has 0 radical (unpaired) electrons. The summed E-state index contributed by atoms with van der Waals surface area (Å²) < 4.78 is 6.01. The minimum atomic E-state index is -0.807. The van der Waals surface area contributed by atoms with Crippen LogP contribution in [0.5, 0.6) is 0 Å². The summed E-state index contributed by atoms with van der Waals surface area (Å²) in [6.45, 7) is 0.707. The highest BCUT2D eigenvalue weighted by atomic mass is 79.9. The summed E-state index contributed by atoms with van der Waals surface area (Å²) in [5, 5.41) is 3.42. The number of hydrogen-bond donors (Lipinski definition) is 1. The Kier molecular flexibility index (Phi) is 4.81. The van der Waals surface area contributed by atoms with Crippen molar-refractivity contribution in [1.82, 2.24) is 5.32 Å². The van der Waals surface area contributed by atoms with Crippen molar-refractivity contribution in [2.75, 3.05) is 13.7 Å². The Hall–Kier alpha value is -0.910. The van der Waals surface area contributed by atoms with Gasteiger partial charge in [-0.3, -0.25) is 9.59 Å². The first-order valence-corrected chi connectivity index (χ1v) is 8.94. The fourth-order valence-electron chi connectivity index (χ4n) is 3.73. The van der Waals surface area contributed by atoms with Crippen LogP contribution in [-0.4, -0.2) is 30.9 Å². The maximum Gasteiger partial charge on any atom is 0.236 e. The average molecular weight is 401 g/mol. The van der Waals surface area contributed by atoms with Crippen molar-refractivity contribution < 1.29 is 14.3 Å². The third kappa shape index (κ3) is 3.06. The van der Waals surface area contributed by atoms with Gasteiger partial charge < -0.3 is 10.1 Å². The third-order valence-corrected chi connectivity index (χ3v) is 5.83. The van der Waals surface area contributed by atoms with E-state index in [1.165, 1.54) is 0 Å². The van der Waals surface area contributed by atoms with E-state index in [1.54, 1.807) is 25.3 Å². The third-order valence-electron chi connectivity index (χ3n) is 4.99. The first kappa shape index (κ1) is 16.9. The molecule has 1 N–H and O–H groups in total. The van der Waals surface area contributed by atoms with Gasteiger partial charge in [-0.2, -0.15) is 0 Å². The summed E-state index contributed by atoms with van der Waals surface area (Å²) in [5.41, 5.74) is -0.142. The van der Waals surface area contributed by atoms with E-state index in [9.17, 15) is 9.59 Å². The molecule has 1 heterocycles. The predicted molar refractivity (Wildman–Crippen MR) is 91.6 cm³/mol. The lowest BCUT2D eigenvalue weighted by molar-refractivity contribution is -0.126. The molecule has 2 aliphatic rings. The van der Waals surface area contributed by atoms with Gasteiger partial charge in [-0.1, -0.05) is 27.5 Å². The number of halogens is 2. The van der Waals surface area contributed by atoms with Crippen molar-refractivity contribution in [1.29, 1.82) is 0 Å². The molecule has 1 aromatic carbocycles. The van der Waals surface area contributed by atoms with Crippen LogP contribution in [0.3, 0.4) is 0 Å². The zero-order valence-electron chi connectivity index (χ0n) is 12.9. The molecule has 4 nitrogen and oxygen atoms in total. The number of methoxy groups -OCH3 is 1. The van der Waals surface area contributed by atoms with Crippen LogP contribution in [-0.2, 0) is 14.3 Å². The van der Waals surface area contributed by atoms with Crippen LogP contribution in [0.15, 0.2) is 22.7 Å². The van der Waals surface area contributed by atoms with Gasteiger partial charge in [-0.05, 0) is 55.4 Å². The molecule has 0 aromatic heterocycles. The fourth-order valence-corrected chi connectivity index (χ4v) is 4.33. The number of Topliss-reactive ketones (excluding diaryl/α,β-unsaturated/α-hetero) is 1. The number of ether oxygens (including phenoxy) is 1. The van der Waals surface area contributed by atoms with Crippen LogP contribution in [0, 0.1) is 5.92 Å². The molecule has 1 atom stereocenters. The molecule has 124 valence electrons. The Bertz CT molecular complexity index is 641. The van der Waals surface area contributed by atoms with E-state index in [4.69, 9.17) is 16.3 Å². The lowest BCUT2D eigenvalue weighted by atomic mass is 9.73. The molecule has 0 bridgehead atoms. The number of carbonyl (C=O) groups excluding carboxylic acids is 2. The smallest absolute Gasteiger partial charge is 0.236 e. The standard InChI is InChI=1S/C17H19BrClNO3/c1-23-9-10-4-6-17(7-5-10)15(21)14(16(22)20-17)12-8-11(18)2-3-13(12)19/h2-3,8,10,14H,4-7,9H2,1H3,(H,20,22). The normalized spacial score (nSPS) is 30.7. The maximum atomic E-state index is 13.0. The van der Waals surface area contributed by atoms with E-state index in [2.05, 4.69) is 21.2 Å². The number of nitrogens with one attached hydrogen (secondary N) is 1. The van der Waals surface area contributed by atoms with Gasteiger partial charge in [-0.25, -0.2) is 0 Å². The lowest BCUT2D eigenvalue weighted by Crippen LogP contribution is -2.49. The van der Waals surface area contributed by atoms with Crippen LogP contribution < -0.4 is 5.32 Å². The SMILES string of the molecule is COCC1CCC2(CC1)NC(=O)C(c1cc(Br)ccc1Cl)C2=O. The summed E-state index contributed by atoms with van der Waals surface area (Å²) in [6.07, 6.45) is 3.12. The van der Waals surface area contributed by atoms with Crippen molar-refractivity contribution in [2.45, 2.75) is 37.1 Å². The number of amides is 1. The van der Waals surface area contributed by atoms with Crippen LogP contribution in [0.1, 0.15) is 37.2 Å². The van der Waals surface area contributed by atoms with E-state index in [-0.39, 0.29) is 11.7 Å². The van der Waals surface area contributed by atoms with Crippen LogP contribution >= 0.6 is 27.5 Å². The molecule has 1 aliphatic carbocycles. The van der Waals surface area contributed by atoms with Crippen molar-refractivity contribution in [3.05, 3.63) is 33.3 Å². The molecule has 1 spiro atoms. The minimum absolute atomic E-state index is 0.0432. The van der Waals surface area contributed by atoms with Crippen molar-refractivity contribution >= 4 is 39.2 Å².